The third kappa shape index (κ3) is 2.38. The van der Waals surface area contributed by atoms with Gasteiger partial charge in [0.25, 0.3) is 0 Å². The van der Waals surface area contributed by atoms with Crippen LogP contribution >= 0.6 is 0 Å². The van der Waals surface area contributed by atoms with Gasteiger partial charge in [-0.25, -0.2) is 4.79 Å². The highest BCUT2D eigenvalue weighted by Gasteiger charge is 2.14. The molecule has 0 aliphatic carbocycles. The van der Waals surface area contributed by atoms with Crippen LogP contribution in [0.15, 0.2) is 48.8 Å². The summed E-state index contributed by atoms with van der Waals surface area (Å²) in [5.41, 5.74) is 1.80. The van der Waals surface area contributed by atoms with E-state index in [4.69, 9.17) is 5.11 Å². The number of pyridine rings is 1. The summed E-state index contributed by atoms with van der Waals surface area (Å²) in [6.45, 7) is 1.82. The third-order valence-corrected chi connectivity index (χ3v) is 3.11. The molecule has 0 aliphatic rings. The van der Waals surface area contributed by atoms with Crippen LogP contribution in [-0.4, -0.2) is 30.8 Å². The van der Waals surface area contributed by atoms with Crippen LogP contribution in [0.4, 0.5) is 0 Å². The van der Waals surface area contributed by atoms with Crippen LogP contribution in [-0.2, 0) is 0 Å². The molecule has 0 atom stereocenters. The van der Waals surface area contributed by atoms with E-state index in [0.717, 1.165) is 5.56 Å². The smallest absolute Gasteiger partial charge is 0.335 e. The van der Waals surface area contributed by atoms with Crippen LogP contribution in [0, 0.1) is 6.92 Å². The monoisotopic (exact) mass is 280 g/mol. The van der Waals surface area contributed by atoms with Gasteiger partial charge in [0.15, 0.2) is 5.82 Å². The molecule has 2 heterocycles. The van der Waals surface area contributed by atoms with Crippen molar-refractivity contribution in [3.63, 3.8) is 0 Å². The van der Waals surface area contributed by atoms with Crippen LogP contribution in [0.1, 0.15) is 16.2 Å². The number of benzene rings is 1. The first-order valence-corrected chi connectivity index (χ1v) is 6.33. The number of carboxylic acids is 1. The normalized spacial score (nSPS) is 10.5. The molecule has 0 spiro atoms. The van der Waals surface area contributed by atoms with Gasteiger partial charge in [0, 0.05) is 23.6 Å². The Labute approximate surface area is 120 Å². The van der Waals surface area contributed by atoms with Crippen molar-refractivity contribution in [1.29, 1.82) is 0 Å². The number of rotatable bonds is 3. The van der Waals surface area contributed by atoms with E-state index < -0.39 is 5.97 Å². The molecule has 1 aromatic carbocycles. The predicted octanol–water partition coefficient (Wildman–Crippen LogP) is 2.34. The number of hydrogen-bond donors (Lipinski definition) is 1. The molecule has 21 heavy (non-hydrogen) atoms. The van der Waals surface area contributed by atoms with Crippen molar-refractivity contribution in [2.45, 2.75) is 6.92 Å². The lowest BCUT2D eigenvalue weighted by molar-refractivity contribution is 0.0697. The Balaban J connectivity index is 2.17. The molecule has 0 bridgehead atoms. The number of aromatic nitrogens is 4. The number of carbonyl (C=O) groups is 1. The maximum atomic E-state index is 11.1. The van der Waals surface area contributed by atoms with Gasteiger partial charge in [0.05, 0.1) is 5.56 Å². The topological polar surface area (TPSA) is 80.9 Å². The van der Waals surface area contributed by atoms with Crippen LogP contribution < -0.4 is 0 Å². The van der Waals surface area contributed by atoms with Gasteiger partial charge in [0.1, 0.15) is 5.82 Å². The van der Waals surface area contributed by atoms with Crippen LogP contribution in [0.5, 0.6) is 0 Å². The maximum absolute atomic E-state index is 11.1. The second-order valence-corrected chi connectivity index (χ2v) is 4.50. The van der Waals surface area contributed by atoms with Gasteiger partial charge >= 0.3 is 5.97 Å². The molecular weight excluding hydrogens is 268 g/mol. The van der Waals surface area contributed by atoms with Crippen molar-refractivity contribution in [3.05, 3.63) is 60.2 Å². The van der Waals surface area contributed by atoms with E-state index in [1.807, 2.05) is 29.7 Å². The predicted molar refractivity (Wildman–Crippen MR) is 76.3 cm³/mol. The lowest BCUT2D eigenvalue weighted by Crippen LogP contribution is -2.03. The van der Waals surface area contributed by atoms with Crippen molar-refractivity contribution < 1.29 is 9.90 Å². The van der Waals surface area contributed by atoms with Gasteiger partial charge in [-0.3, -0.25) is 9.55 Å². The van der Waals surface area contributed by atoms with E-state index in [9.17, 15) is 4.79 Å². The number of hydrogen-bond acceptors (Lipinski definition) is 4. The molecule has 0 aliphatic heterocycles. The average molecular weight is 280 g/mol. The fourth-order valence-corrected chi connectivity index (χ4v) is 2.14. The first-order chi connectivity index (χ1) is 10.2. The lowest BCUT2D eigenvalue weighted by atomic mass is 10.2. The molecule has 0 saturated heterocycles. The number of nitrogens with zero attached hydrogens (tertiary/aromatic N) is 4. The van der Waals surface area contributed by atoms with Gasteiger partial charge in [-0.05, 0) is 37.3 Å². The standard InChI is InChI=1S/C15H12N4O2/c1-10-17-18-14(11-5-7-16-8-6-11)19(10)13-4-2-3-12(9-13)15(20)21/h2-9H,1H3,(H,20,21). The van der Waals surface area contributed by atoms with E-state index in [1.165, 1.54) is 0 Å². The van der Waals surface area contributed by atoms with Crippen LogP contribution in [0.2, 0.25) is 0 Å². The SMILES string of the molecule is Cc1nnc(-c2ccncc2)n1-c1cccc(C(=O)O)c1. The van der Waals surface area contributed by atoms with Gasteiger partial charge in [0.2, 0.25) is 0 Å². The molecule has 3 rings (SSSR count). The summed E-state index contributed by atoms with van der Waals surface area (Å²) in [6.07, 6.45) is 3.36. The number of carboxylic acid groups (broad SMARTS) is 1. The molecule has 0 amide bonds. The average Bonchev–Trinajstić information content (AvgIpc) is 2.90. The molecule has 0 saturated carbocycles. The summed E-state index contributed by atoms with van der Waals surface area (Å²) in [5, 5.41) is 17.4. The van der Waals surface area contributed by atoms with E-state index in [0.29, 0.717) is 17.3 Å². The first-order valence-electron chi connectivity index (χ1n) is 6.33. The summed E-state index contributed by atoms with van der Waals surface area (Å²) in [7, 11) is 0. The van der Waals surface area contributed by atoms with Crippen molar-refractivity contribution in [2.24, 2.45) is 0 Å². The second kappa shape index (κ2) is 5.16. The van der Waals surface area contributed by atoms with Gasteiger partial charge in [-0.2, -0.15) is 0 Å². The summed E-state index contributed by atoms with van der Waals surface area (Å²) in [5.74, 6) is 0.370. The Hall–Kier alpha value is -3.02. The molecule has 0 unspecified atom stereocenters. The highest BCUT2D eigenvalue weighted by molar-refractivity contribution is 5.88. The highest BCUT2D eigenvalue weighted by Crippen LogP contribution is 2.22. The van der Waals surface area contributed by atoms with E-state index >= 15 is 0 Å². The Bertz CT molecular complexity index is 796. The Morgan fingerprint density at radius 2 is 1.90 bits per heavy atom. The van der Waals surface area contributed by atoms with Gasteiger partial charge in [-0.15, -0.1) is 10.2 Å². The van der Waals surface area contributed by atoms with Crippen molar-refractivity contribution in [3.8, 4) is 17.1 Å². The fourth-order valence-electron chi connectivity index (χ4n) is 2.14. The molecule has 6 nitrogen and oxygen atoms in total. The Morgan fingerprint density at radius 3 is 2.62 bits per heavy atom. The summed E-state index contributed by atoms with van der Waals surface area (Å²) in [6, 6.07) is 10.4. The molecule has 0 fully saturated rings. The first kappa shape index (κ1) is 13.0. The van der Waals surface area contributed by atoms with E-state index in [2.05, 4.69) is 15.2 Å². The zero-order valence-electron chi connectivity index (χ0n) is 11.3. The summed E-state index contributed by atoms with van der Waals surface area (Å²) < 4.78 is 1.82. The van der Waals surface area contributed by atoms with E-state index in [1.54, 1.807) is 30.6 Å². The zero-order chi connectivity index (χ0) is 14.8. The highest BCUT2D eigenvalue weighted by atomic mass is 16.4. The molecule has 6 heteroatoms. The molecule has 104 valence electrons. The van der Waals surface area contributed by atoms with Crippen LogP contribution in [0.3, 0.4) is 0 Å². The lowest BCUT2D eigenvalue weighted by Gasteiger charge is -2.09. The second-order valence-electron chi connectivity index (χ2n) is 4.50. The maximum Gasteiger partial charge on any atom is 0.335 e. The summed E-state index contributed by atoms with van der Waals surface area (Å²) >= 11 is 0. The number of aromatic carboxylic acids is 1. The molecule has 2 aromatic heterocycles. The Morgan fingerprint density at radius 1 is 1.14 bits per heavy atom. The Kier molecular flexibility index (Phi) is 3.19. The molecule has 3 aromatic rings. The van der Waals surface area contributed by atoms with Crippen molar-refractivity contribution >= 4 is 5.97 Å². The van der Waals surface area contributed by atoms with Crippen molar-refractivity contribution in [2.75, 3.05) is 0 Å². The van der Waals surface area contributed by atoms with E-state index in [-0.39, 0.29) is 5.56 Å². The number of aryl methyl sites for hydroxylation is 1. The molecule has 1 N–H and O–H groups in total. The third-order valence-electron chi connectivity index (χ3n) is 3.11. The minimum absolute atomic E-state index is 0.223. The van der Waals surface area contributed by atoms with Gasteiger partial charge in [-0.1, -0.05) is 6.07 Å². The molecular formula is C15H12N4O2. The largest absolute Gasteiger partial charge is 0.478 e. The van der Waals surface area contributed by atoms with Crippen LogP contribution in [0.25, 0.3) is 17.1 Å². The summed E-state index contributed by atoms with van der Waals surface area (Å²) in [4.78, 5) is 15.1. The zero-order valence-corrected chi connectivity index (χ0v) is 11.3. The molecule has 0 radical (unpaired) electrons. The minimum atomic E-state index is -0.965. The quantitative estimate of drug-likeness (QED) is 0.796. The van der Waals surface area contributed by atoms with Crippen molar-refractivity contribution in [1.82, 2.24) is 19.7 Å². The fraction of sp³-hybridized carbons (Fsp3) is 0.0667. The van der Waals surface area contributed by atoms with Gasteiger partial charge < -0.3 is 5.11 Å². The minimum Gasteiger partial charge on any atom is -0.478 e.